The zero-order valence-corrected chi connectivity index (χ0v) is 10.6. The number of nitrogens with zero attached hydrogens (tertiary/aromatic N) is 1. The van der Waals surface area contributed by atoms with Crippen LogP contribution in [0.15, 0.2) is 30.5 Å². The normalized spacial score (nSPS) is 11.0. The number of H-pyrrole nitrogens is 1. The van der Waals surface area contributed by atoms with Gasteiger partial charge in [-0.1, -0.05) is 26.0 Å². The fourth-order valence-corrected chi connectivity index (χ4v) is 2.11. The number of aryl methyl sites for hydroxylation is 1. The predicted octanol–water partition coefficient (Wildman–Crippen LogP) is 3.97. The Bertz CT molecular complexity index is 549. The van der Waals surface area contributed by atoms with Gasteiger partial charge in [-0.25, -0.2) is 0 Å². The molecule has 0 saturated carbocycles. The molecule has 2 nitrogen and oxygen atoms in total. The standard InChI is InChI=1S/C13H16N2S/c1-9(2)11-5-4-6-12(7-11)15-10(3)8-14-13(15)16/h4-9H,1-3H3,(H,14,16). The van der Waals surface area contributed by atoms with Crippen molar-refractivity contribution in [2.24, 2.45) is 0 Å². The Balaban J connectivity index is 2.57. The van der Waals surface area contributed by atoms with Crippen LogP contribution in [0.2, 0.25) is 0 Å². The molecular weight excluding hydrogens is 216 g/mol. The Morgan fingerprint density at radius 2 is 2.06 bits per heavy atom. The van der Waals surface area contributed by atoms with Crippen molar-refractivity contribution < 1.29 is 0 Å². The molecule has 0 fully saturated rings. The molecule has 2 aromatic rings. The minimum Gasteiger partial charge on any atom is -0.337 e. The Morgan fingerprint density at radius 1 is 1.31 bits per heavy atom. The average Bonchev–Trinajstić information content (AvgIpc) is 2.59. The molecule has 2 rings (SSSR count). The molecule has 0 aliphatic carbocycles. The molecule has 0 amide bonds. The highest BCUT2D eigenvalue weighted by Crippen LogP contribution is 2.19. The summed E-state index contributed by atoms with van der Waals surface area (Å²) in [7, 11) is 0. The fraction of sp³-hybridized carbons (Fsp3) is 0.308. The molecule has 0 aliphatic heterocycles. The van der Waals surface area contributed by atoms with Crippen LogP contribution in [0, 0.1) is 11.7 Å². The van der Waals surface area contributed by atoms with Gasteiger partial charge in [-0.15, -0.1) is 0 Å². The Morgan fingerprint density at radius 3 is 2.62 bits per heavy atom. The molecule has 0 atom stereocenters. The van der Waals surface area contributed by atoms with E-state index < -0.39 is 0 Å². The quantitative estimate of drug-likeness (QED) is 0.777. The monoisotopic (exact) mass is 232 g/mol. The van der Waals surface area contributed by atoms with Crippen molar-refractivity contribution in [1.29, 1.82) is 0 Å². The second kappa shape index (κ2) is 4.26. The topological polar surface area (TPSA) is 20.7 Å². The van der Waals surface area contributed by atoms with Gasteiger partial charge in [-0.05, 0) is 42.8 Å². The van der Waals surface area contributed by atoms with Crippen LogP contribution in [0.3, 0.4) is 0 Å². The lowest BCUT2D eigenvalue weighted by atomic mass is 10.0. The summed E-state index contributed by atoms with van der Waals surface area (Å²) >= 11 is 5.27. The number of rotatable bonds is 2. The van der Waals surface area contributed by atoms with Crippen molar-refractivity contribution in [1.82, 2.24) is 9.55 Å². The second-order valence-corrected chi connectivity index (χ2v) is 4.71. The lowest BCUT2D eigenvalue weighted by Gasteiger charge is -2.10. The number of hydrogen-bond acceptors (Lipinski definition) is 1. The third kappa shape index (κ3) is 1.95. The van der Waals surface area contributed by atoms with E-state index >= 15 is 0 Å². The maximum Gasteiger partial charge on any atom is 0.182 e. The van der Waals surface area contributed by atoms with E-state index in [2.05, 4.69) is 47.7 Å². The maximum absolute atomic E-state index is 5.27. The smallest absolute Gasteiger partial charge is 0.182 e. The molecule has 1 N–H and O–H groups in total. The van der Waals surface area contributed by atoms with Gasteiger partial charge in [0, 0.05) is 17.6 Å². The third-order valence-electron chi connectivity index (χ3n) is 2.76. The number of hydrogen-bond donors (Lipinski definition) is 1. The Labute approximate surface area is 101 Å². The molecule has 0 saturated heterocycles. The van der Waals surface area contributed by atoms with Crippen molar-refractivity contribution in [3.05, 3.63) is 46.5 Å². The van der Waals surface area contributed by atoms with Crippen molar-refractivity contribution >= 4 is 12.2 Å². The Hall–Kier alpha value is -1.35. The van der Waals surface area contributed by atoms with E-state index in [1.54, 1.807) is 0 Å². The van der Waals surface area contributed by atoms with Gasteiger partial charge in [-0.2, -0.15) is 0 Å². The molecule has 0 aliphatic rings. The van der Waals surface area contributed by atoms with Crippen LogP contribution in [0.5, 0.6) is 0 Å². The van der Waals surface area contributed by atoms with Gasteiger partial charge >= 0.3 is 0 Å². The molecule has 16 heavy (non-hydrogen) atoms. The summed E-state index contributed by atoms with van der Waals surface area (Å²) in [5, 5.41) is 0. The van der Waals surface area contributed by atoms with Gasteiger partial charge in [0.05, 0.1) is 0 Å². The third-order valence-corrected chi connectivity index (χ3v) is 3.06. The molecular formula is C13H16N2S. The molecule has 0 bridgehead atoms. The first-order chi connectivity index (χ1) is 7.59. The maximum atomic E-state index is 5.27. The van der Waals surface area contributed by atoms with Crippen LogP contribution in [0.4, 0.5) is 0 Å². The molecule has 0 unspecified atom stereocenters. The number of imidazole rings is 1. The fourth-order valence-electron chi connectivity index (χ4n) is 1.80. The van der Waals surface area contributed by atoms with Crippen LogP contribution < -0.4 is 0 Å². The van der Waals surface area contributed by atoms with E-state index in [1.807, 2.05) is 13.1 Å². The van der Waals surface area contributed by atoms with E-state index in [4.69, 9.17) is 12.2 Å². The summed E-state index contributed by atoms with van der Waals surface area (Å²) in [5.74, 6) is 0.536. The number of nitrogens with one attached hydrogen (secondary N) is 1. The van der Waals surface area contributed by atoms with Crippen molar-refractivity contribution in [2.45, 2.75) is 26.7 Å². The van der Waals surface area contributed by atoms with Gasteiger partial charge < -0.3 is 4.98 Å². The lowest BCUT2D eigenvalue weighted by Crippen LogP contribution is -1.98. The summed E-state index contributed by atoms with van der Waals surface area (Å²) < 4.78 is 2.81. The van der Waals surface area contributed by atoms with Crippen molar-refractivity contribution in [2.75, 3.05) is 0 Å². The Kier molecular flexibility index (Phi) is 2.97. The van der Waals surface area contributed by atoms with E-state index in [0.717, 1.165) is 16.2 Å². The van der Waals surface area contributed by atoms with Gasteiger partial charge in [0.1, 0.15) is 0 Å². The van der Waals surface area contributed by atoms with Gasteiger partial charge in [-0.3, -0.25) is 4.57 Å². The highest BCUT2D eigenvalue weighted by molar-refractivity contribution is 7.71. The molecule has 84 valence electrons. The van der Waals surface area contributed by atoms with E-state index in [1.165, 1.54) is 5.56 Å². The van der Waals surface area contributed by atoms with Crippen LogP contribution in [0.1, 0.15) is 31.0 Å². The highest BCUT2D eigenvalue weighted by atomic mass is 32.1. The summed E-state index contributed by atoms with van der Waals surface area (Å²) in [4.78, 5) is 3.06. The first-order valence-corrected chi connectivity index (χ1v) is 5.88. The van der Waals surface area contributed by atoms with Crippen molar-refractivity contribution in [3.8, 4) is 5.69 Å². The first-order valence-electron chi connectivity index (χ1n) is 5.47. The van der Waals surface area contributed by atoms with Crippen LogP contribution >= 0.6 is 12.2 Å². The molecule has 1 heterocycles. The summed E-state index contributed by atoms with van der Waals surface area (Å²) in [6.45, 7) is 6.44. The largest absolute Gasteiger partial charge is 0.337 e. The van der Waals surface area contributed by atoms with Gasteiger partial charge in [0.2, 0.25) is 0 Å². The number of benzene rings is 1. The van der Waals surface area contributed by atoms with E-state index in [-0.39, 0.29) is 0 Å². The zero-order chi connectivity index (χ0) is 11.7. The van der Waals surface area contributed by atoms with Crippen molar-refractivity contribution in [3.63, 3.8) is 0 Å². The molecule has 1 aromatic heterocycles. The van der Waals surface area contributed by atoms with E-state index in [0.29, 0.717) is 5.92 Å². The van der Waals surface area contributed by atoms with Crippen LogP contribution in [-0.4, -0.2) is 9.55 Å². The predicted molar refractivity (Wildman–Crippen MR) is 69.8 cm³/mol. The average molecular weight is 232 g/mol. The van der Waals surface area contributed by atoms with Crippen LogP contribution in [0.25, 0.3) is 5.69 Å². The van der Waals surface area contributed by atoms with Gasteiger partial charge in [0.15, 0.2) is 4.77 Å². The first kappa shape index (κ1) is 11.1. The van der Waals surface area contributed by atoms with Gasteiger partial charge in [0.25, 0.3) is 0 Å². The van der Waals surface area contributed by atoms with E-state index in [9.17, 15) is 0 Å². The molecule has 0 spiro atoms. The zero-order valence-electron chi connectivity index (χ0n) is 9.82. The number of aromatic amines is 1. The summed E-state index contributed by atoms with van der Waals surface area (Å²) in [6.07, 6.45) is 1.93. The lowest BCUT2D eigenvalue weighted by molar-refractivity contribution is 0.860. The SMILES string of the molecule is Cc1c[nH]c(=S)n1-c1cccc(C(C)C)c1. The number of aromatic nitrogens is 2. The molecule has 3 heteroatoms. The molecule has 0 radical (unpaired) electrons. The highest BCUT2D eigenvalue weighted by Gasteiger charge is 2.04. The summed E-state index contributed by atoms with van der Waals surface area (Å²) in [6, 6.07) is 8.52. The molecule has 1 aromatic carbocycles. The van der Waals surface area contributed by atoms with Crippen LogP contribution in [-0.2, 0) is 0 Å². The second-order valence-electron chi connectivity index (χ2n) is 4.32. The minimum absolute atomic E-state index is 0.536. The summed E-state index contributed by atoms with van der Waals surface area (Å²) in [5.41, 5.74) is 3.60. The minimum atomic E-state index is 0.536.